The normalized spacial score (nSPS) is 17.4. The van der Waals surface area contributed by atoms with Crippen molar-refractivity contribution in [1.29, 1.82) is 0 Å². The molecular weight excluding hydrogens is 292 g/mol. The third-order valence-corrected chi connectivity index (χ3v) is 5.55. The molecule has 0 spiro atoms. The molecule has 0 aromatic carbocycles. The van der Waals surface area contributed by atoms with Gasteiger partial charge in [-0.2, -0.15) is 17.0 Å². The number of anilines is 1. The van der Waals surface area contributed by atoms with Gasteiger partial charge in [0.15, 0.2) is 0 Å². The lowest BCUT2D eigenvalue weighted by molar-refractivity contribution is 0.270. The number of nitrogens with zero attached hydrogens (tertiary/aromatic N) is 4. The fraction of sp³-hybridized carbons (Fsp3) is 0.615. The monoisotopic (exact) mass is 314 g/mol. The summed E-state index contributed by atoms with van der Waals surface area (Å²) < 4.78 is 27.5. The van der Waals surface area contributed by atoms with E-state index in [9.17, 15) is 8.42 Å². The number of pyridine rings is 1. The van der Waals surface area contributed by atoms with E-state index in [1.54, 1.807) is 13.2 Å². The van der Waals surface area contributed by atoms with Gasteiger partial charge in [-0.1, -0.05) is 6.07 Å². The van der Waals surface area contributed by atoms with Gasteiger partial charge < -0.3 is 10.0 Å². The summed E-state index contributed by atoms with van der Waals surface area (Å²) in [7, 11) is -1.88. The third kappa shape index (κ3) is 3.91. The highest BCUT2D eigenvalue weighted by Gasteiger charge is 2.30. The number of aliphatic hydroxyl groups is 1. The van der Waals surface area contributed by atoms with Crippen LogP contribution in [0.15, 0.2) is 24.4 Å². The third-order valence-electron chi connectivity index (χ3n) is 3.56. The predicted octanol–water partition coefficient (Wildman–Crippen LogP) is -0.237. The van der Waals surface area contributed by atoms with Gasteiger partial charge in [0.05, 0.1) is 0 Å². The van der Waals surface area contributed by atoms with Gasteiger partial charge in [0.25, 0.3) is 10.2 Å². The second kappa shape index (κ2) is 7.17. The predicted molar refractivity (Wildman–Crippen MR) is 81.3 cm³/mol. The van der Waals surface area contributed by atoms with Crippen molar-refractivity contribution in [2.75, 3.05) is 51.3 Å². The van der Waals surface area contributed by atoms with Crippen LogP contribution in [-0.2, 0) is 10.2 Å². The maximum Gasteiger partial charge on any atom is 0.281 e. The summed E-state index contributed by atoms with van der Waals surface area (Å²) in [6, 6.07) is 5.71. The number of aliphatic hydroxyl groups excluding tert-OH is 1. The first-order valence-corrected chi connectivity index (χ1v) is 8.43. The minimum absolute atomic E-state index is 0.00663. The van der Waals surface area contributed by atoms with Crippen molar-refractivity contribution >= 4 is 16.0 Å². The first-order chi connectivity index (χ1) is 10.1. The van der Waals surface area contributed by atoms with Gasteiger partial charge in [-0.25, -0.2) is 4.98 Å². The summed E-state index contributed by atoms with van der Waals surface area (Å²) in [6.07, 6.45) is 2.19. The van der Waals surface area contributed by atoms with Crippen molar-refractivity contribution in [2.24, 2.45) is 0 Å². The average molecular weight is 314 g/mol. The van der Waals surface area contributed by atoms with Gasteiger partial charge in [0.2, 0.25) is 0 Å². The standard InChI is InChI=1S/C13H22N4O3S/c1-15(7-4-12-18)21(19,20)17-10-8-16(9-11-17)13-5-2-3-6-14-13/h2-3,5-6,18H,4,7-12H2,1H3. The summed E-state index contributed by atoms with van der Waals surface area (Å²) in [5.74, 6) is 0.878. The number of hydrogen-bond donors (Lipinski definition) is 1. The Morgan fingerprint density at radius 3 is 2.57 bits per heavy atom. The zero-order chi connectivity index (χ0) is 15.3. The lowest BCUT2D eigenvalue weighted by atomic mass is 10.3. The Balaban J connectivity index is 1.94. The average Bonchev–Trinajstić information content (AvgIpc) is 2.53. The van der Waals surface area contributed by atoms with Crippen molar-refractivity contribution < 1.29 is 13.5 Å². The molecular formula is C13H22N4O3S. The molecule has 0 unspecified atom stereocenters. The van der Waals surface area contributed by atoms with E-state index >= 15 is 0 Å². The van der Waals surface area contributed by atoms with Crippen LogP contribution >= 0.6 is 0 Å². The fourth-order valence-corrected chi connectivity index (χ4v) is 3.67. The molecule has 118 valence electrons. The second-order valence-corrected chi connectivity index (χ2v) is 7.02. The molecule has 2 rings (SSSR count). The van der Waals surface area contributed by atoms with Crippen LogP contribution in [0.5, 0.6) is 0 Å². The molecule has 0 bridgehead atoms. The van der Waals surface area contributed by atoms with Crippen LogP contribution in [0.2, 0.25) is 0 Å². The SMILES string of the molecule is CN(CCCO)S(=O)(=O)N1CCN(c2ccccn2)CC1. The van der Waals surface area contributed by atoms with Crippen LogP contribution in [0.25, 0.3) is 0 Å². The zero-order valence-corrected chi connectivity index (χ0v) is 13.0. The van der Waals surface area contributed by atoms with E-state index in [4.69, 9.17) is 5.11 Å². The molecule has 1 aromatic heterocycles. The van der Waals surface area contributed by atoms with Gasteiger partial charge in [-0.3, -0.25) is 0 Å². The van der Waals surface area contributed by atoms with Gasteiger partial charge in [-0.05, 0) is 18.6 Å². The van der Waals surface area contributed by atoms with E-state index in [0.29, 0.717) is 39.1 Å². The molecule has 0 atom stereocenters. The summed E-state index contributed by atoms with van der Waals surface area (Å²) in [4.78, 5) is 6.37. The molecule has 0 radical (unpaired) electrons. The molecule has 1 aliphatic heterocycles. The Kier molecular flexibility index (Phi) is 5.51. The van der Waals surface area contributed by atoms with E-state index in [0.717, 1.165) is 5.82 Å². The molecule has 1 saturated heterocycles. The molecule has 7 nitrogen and oxygen atoms in total. The molecule has 0 saturated carbocycles. The Bertz CT molecular complexity index is 530. The number of piperazine rings is 1. The largest absolute Gasteiger partial charge is 0.396 e. The number of hydrogen-bond acceptors (Lipinski definition) is 5. The van der Waals surface area contributed by atoms with Crippen molar-refractivity contribution in [2.45, 2.75) is 6.42 Å². The highest BCUT2D eigenvalue weighted by atomic mass is 32.2. The zero-order valence-electron chi connectivity index (χ0n) is 12.2. The summed E-state index contributed by atoms with van der Waals surface area (Å²) >= 11 is 0. The first kappa shape index (κ1) is 16.2. The highest BCUT2D eigenvalue weighted by Crippen LogP contribution is 2.16. The molecule has 0 amide bonds. The molecule has 1 fully saturated rings. The lowest BCUT2D eigenvalue weighted by Gasteiger charge is -2.36. The van der Waals surface area contributed by atoms with Crippen LogP contribution in [-0.4, -0.2) is 73.5 Å². The first-order valence-electron chi connectivity index (χ1n) is 7.04. The Hall–Kier alpha value is -1.22. The minimum Gasteiger partial charge on any atom is -0.396 e. The van der Waals surface area contributed by atoms with E-state index in [1.807, 2.05) is 18.2 Å². The van der Waals surface area contributed by atoms with Crippen LogP contribution < -0.4 is 4.90 Å². The lowest BCUT2D eigenvalue weighted by Crippen LogP contribution is -2.52. The Labute approximate surface area is 126 Å². The maximum atomic E-state index is 12.4. The minimum atomic E-state index is -3.43. The Morgan fingerprint density at radius 2 is 2.00 bits per heavy atom. The van der Waals surface area contributed by atoms with Crippen molar-refractivity contribution in [3.05, 3.63) is 24.4 Å². The van der Waals surface area contributed by atoms with E-state index in [2.05, 4.69) is 9.88 Å². The van der Waals surface area contributed by atoms with Crippen molar-refractivity contribution in [3.8, 4) is 0 Å². The van der Waals surface area contributed by atoms with Gasteiger partial charge in [-0.15, -0.1) is 0 Å². The molecule has 8 heteroatoms. The molecule has 2 heterocycles. The van der Waals surface area contributed by atoms with Crippen LogP contribution in [0.1, 0.15) is 6.42 Å². The van der Waals surface area contributed by atoms with Crippen LogP contribution in [0.3, 0.4) is 0 Å². The molecule has 21 heavy (non-hydrogen) atoms. The molecule has 0 aliphatic carbocycles. The van der Waals surface area contributed by atoms with Gasteiger partial charge in [0.1, 0.15) is 5.82 Å². The quantitative estimate of drug-likeness (QED) is 0.784. The maximum absolute atomic E-state index is 12.4. The van der Waals surface area contributed by atoms with Crippen LogP contribution in [0, 0.1) is 0 Å². The van der Waals surface area contributed by atoms with Crippen LogP contribution in [0.4, 0.5) is 5.82 Å². The number of aromatic nitrogens is 1. The highest BCUT2D eigenvalue weighted by molar-refractivity contribution is 7.86. The van der Waals surface area contributed by atoms with E-state index in [1.165, 1.54) is 8.61 Å². The second-order valence-electron chi connectivity index (χ2n) is 4.98. The van der Waals surface area contributed by atoms with Crippen molar-refractivity contribution in [3.63, 3.8) is 0 Å². The van der Waals surface area contributed by atoms with Crippen molar-refractivity contribution in [1.82, 2.24) is 13.6 Å². The smallest absolute Gasteiger partial charge is 0.281 e. The number of rotatable bonds is 6. The fourth-order valence-electron chi connectivity index (χ4n) is 2.29. The Morgan fingerprint density at radius 1 is 1.29 bits per heavy atom. The summed E-state index contributed by atoms with van der Waals surface area (Å²) in [6.45, 7) is 2.48. The van der Waals surface area contributed by atoms with E-state index in [-0.39, 0.29) is 6.61 Å². The molecule has 1 aromatic rings. The summed E-state index contributed by atoms with van der Waals surface area (Å²) in [5.41, 5.74) is 0. The van der Waals surface area contributed by atoms with Gasteiger partial charge >= 0.3 is 0 Å². The molecule has 1 aliphatic rings. The summed E-state index contributed by atoms with van der Waals surface area (Å²) in [5, 5.41) is 8.80. The topological polar surface area (TPSA) is 77.0 Å². The molecule has 1 N–H and O–H groups in total. The van der Waals surface area contributed by atoms with Gasteiger partial charge in [0, 0.05) is 52.6 Å². The van der Waals surface area contributed by atoms with E-state index < -0.39 is 10.2 Å².